The summed E-state index contributed by atoms with van der Waals surface area (Å²) in [6.45, 7) is 2.45. The van der Waals surface area contributed by atoms with E-state index in [-0.39, 0.29) is 23.0 Å². The molecule has 0 N–H and O–H groups in total. The van der Waals surface area contributed by atoms with Gasteiger partial charge in [0.25, 0.3) is 5.91 Å². The van der Waals surface area contributed by atoms with Crippen LogP contribution < -0.4 is 4.80 Å². The maximum Gasteiger partial charge on any atom is 0.325 e. The second-order valence-electron chi connectivity index (χ2n) is 8.13. The van der Waals surface area contributed by atoms with E-state index in [1.54, 1.807) is 8.87 Å². The lowest BCUT2D eigenvalue weighted by molar-refractivity contribution is -0.141. The number of para-hydroxylation sites is 1. The Morgan fingerprint density at radius 1 is 1.12 bits per heavy atom. The summed E-state index contributed by atoms with van der Waals surface area (Å²) < 4.78 is 35.2. The highest BCUT2D eigenvalue weighted by atomic mass is 32.2. The van der Waals surface area contributed by atoms with Crippen molar-refractivity contribution in [3.8, 4) is 0 Å². The zero-order valence-electron chi connectivity index (χ0n) is 19.1. The van der Waals surface area contributed by atoms with Crippen LogP contribution in [0.3, 0.4) is 0 Å². The summed E-state index contributed by atoms with van der Waals surface area (Å²) in [5.41, 5.74) is 1.05. The quantitative estimate of drug-likeness (QED) is 0.481. The third-order valence-electron chi connectivity index (χ3n) is 6.05. The van der Waals surface area contributed by atoms with Crippen LogP contribution in [-0.4, -0.2) is 48.9 Å². The second kappa shape index (κ2) is 10.2. The van der Waals surface area contributed by atoms with Gasteiger partial charge in [0, 0.05) is 18.2 Å². The molecule has 3 aromatic rings. The van der Waals surface area contributed by atoms with Crippen LogP contribution in [0.1, 0.15) is 43.0 Å². The molecule has 34 heavy (non-hydrogen) atoms. The van der Waals surface area contributed by atoms with Crippen LogP contribution in [0.2, 0.25) is 0 Å². The molecule has 1 aliphatic heterocycles. The minimum Gasteiger partial charge on any atom is -0.468 e. The number of hydrogen-bond donors (Lipinski definition) is 0. The lowest BCUT2D eigenvalue weighted by atomic mass is 10.0. The van der Waals surface area contributed by atoms with Crippen LogP contribution >= 0.6 is 11.3 Å². The molecule has 1 fully saturated rings. The number of carbonyl (C=O) groups excluding carboxylic acids is 2. The van der Waals surface area contributed by atoms with Gasteiger partial charge in [-0.3, -0.25) is 9.59 Å². The fraction of sp³-hybridized carbons (Fsp3) is 0.375. The molecule has 8 nitrogen and oxygen atoms in total. The van der Waals surface area contributed by atoms with Crippen molar-refractivity contribution in [2.45, 2.75) is 50.1 Å². The van der Waals surface area contributed by atoms with Gasteiger partial charge in [0.1, 0.15) is 6.54 Å². The monoisotopic (exact) mass is 501 g/mol. The van der Waals surface area contributed by atoms with Crippen molar-refractivity contribution in [1.29, 1.82) is 0 Å². The number of carbonyl (C=O) groups is 2. The van der Waals surface area contributed by atoms with Crippen molar-refractivity contribution >= 4 is 43.5 Å². The number of rotatable bonds is 6. The third-order valence-corrected chi connectivity index (χ3v) is 9.08. The number of piperidine rings is 1. The van der Waals surface area contributed by atoms with Crippen LogP contribution in [-0.2, 0) is 26.1 Å². The molecule has 1 aromatic heterocycles. The van der Waals surface area contributed by atoms with Crippen LogP contribution in [0.4, 0.5) is 0 Å². The topological polar surface area (TPSA) is 98.0 Å². The number of amides is 1. The van der Waals surface area contributed by atoms with Gasteiger partial charge in [-0.05, 0) is 55.7 Å². The van der Waals surface area contributed by atoms with Gasteiger partial charge < -0.3 is 9.30 Å². The number of thiazole rings is 1. The molecule has 10 heteroatoms. The Hall–Kier alpha value is -2.82. The maximum absolute atomic E-state index is 13.2. The number of methoxy groups -OCH3 is 1. The molecule has 180 valence electrons. The molecular weight excluding hydrogens is 474 g/mol. The molecule has 0 spiro atoms. The van der Waals surface area contributed by atoms with Crippen molar-refractivity contribution < 1.29 is 22.7 Å². The highest BCUT2D eigenvalue weighted by molar-refractivity contribution is 7.89. The molecule has 0 aliphatic carbocycles. The van der Waals surface area contributed by atoms with Crippen LogP contribution in [0.15, 0.2) is 58.4 Å². The van der Waals surface area contributed by atoms with Crippen molar-refractivity contribution in [2.75, 3.05) is 13.7 Å². The van der Waals surface area contributed by atoms with E-state index in [9.17, 15) is 18.0 Å². The van der Waals surface area contributed by atoms with E-state index in [1.807, 2.05) is 31.2 Å². The SMILES string of the molecule is CCC1CCCCN1S(=O)(=O)c1ccc(C(=O)N=c2sc3ccccc3n2CC(=O)OC)cc1. The molecule has 1 saturated heterocycles. The minimum atomic E-state index is -3.63. The van der Waals surface area contributed by atoms with Gasteiger partial charge in [0.05, 0.1) is 22.2 Å². The number of sulfonamides is 1. The van der Waals surface area contributed by atoms with Gasteiger partial charge >= 0.3 is 5.97 Å². The maximum atomic E-state index is 13.2. The zero-order valence-corrected chi connectivity index (χ0v) is 20.8. The largest absolute Gasteiger partial charge is 0.468 e. The van der Waals surface area contributed by atoms with Crippen LogP contribution in [0.5, 0.6) is 0 Å². The number of fused-ring (bicyclic) bond motifs is 1. The molecule has 2 aromatic carbocycles. The van der Waals surface area contributed by atoms with Crippen LogP contribution in [0, 0.1) is 0 Å². The standard InChI is InChI=1S/C24H27N3O5S2/c1-3-18-8-6-7-15-27(18)34(30,31)19-13-11-17(12-14-19)23(29)25-24-26(16-22(28)32-2)20-9-4-5-10-21(20)33-24/h4-5,9-14,18H,3,6-8,15-16H2,1-2H3. The molecule has 1 aliphatic rings. The molecule has 1 atom stereocenters. The second-order valence-corrected chi connectivity index (χ2v) is 11.0. The number of ether oxygens (including phenoxy) is 1. The van der Waals surface area contributed by atoms with Gasteiger partial charge in [-0.2, -0.15) is 9.30 Å². The molecule has 0 radical (unpaired) electrons. The van der Waals surface area contributed by atoms with Crippen LogP contribution in [0.25, 0.3) is 10.2 Å². The van der Waals surface area contributed by atoms with E-state index >= 15 is 0 Å². The summed E-state index contributed by atoms with van der Waals surface area (Å²) in [6.07, 6.45) is 3.53. The van der Waals surface area contributed by atoms with Crippen molar-refractivity contribution in [2.24, 2.45) is 4.99 Å². The van der Waals surface area contributed by atoms with Gasteiger partial charge in [-0.15, -0.1) is 0 Å². The molecule has 2 heterocycles. The average molecular weight is 502 g/mol. The van der Waals surface area contributed by atoms with Gasteiger partial charge in [-0.1, -0.05) is 36.8 Å². The Balaban J connectivity index is 1.64. The number of aromatic nitrogens is 1. The Kier molecular flexibility index (Phi) is 7.30. The fourth-order valence-electron chi connectivity index (χ4n) is 4.21. The van der Waals surface area contributed by atoms with E-state index < -0.39 is 21.9 Å². The number of esters is 1. The summed E-state index contributed by atoms with van der Waals surface area (Å²) >= 11 is 1.29. The first-order valence-electron chi connectivity index (χ1n) is 11.2. The molecule has 0 bridgehead atoms. The first-order chi connectivity index (χ1) is 16.3. The highest BCUT2D eigenvalue weighted by Gasteiger charge is 2.32. The number of benzene rings is 2. The number of hydrogen-bond acceptors (Lipinski definition) is 6. The predicted octanol–water partition coefficient (Wildman–Crippen LogP) is 3.57. The summed E-state index contributed by atoms with van der Waals surface area (Å²) in [7, 11) is -2.32. The smallest absolute Gasteiger partial charge is 0.325 e. The van der Waals surface area contributed by atoms with Crippen molar-refractivity contribution in [3.05, 3.63) is 58.9 Å². The minimum absolute atomic E-state index is 0.00766. The Labute approximate surface area is 202 Å². The first-order valence-corrected chi connectivity index (χ1v) is 13.5. The van der Waals surface area contributed by atoms with Crippen molar-refractivity contribution in [3.63, 3.8) is 0 Å². The molecule has 0 saturated carbocycles. The van der Waals surface area contributed by atoms with Gasteiger partial charge in [0.2, 0.25) is 10.0 Å². The summed E-state index contributed by atoms with van der Waals surface area (Å²) in [5.74, 6) is -0.964. The van der Waals surface area contributed by atoms with Gasteiger partial charge in [0.15, 0.2) is 4.80 Å². The fourth-order valence-corrected chi connectivity index (χ4v) is 7.00. The Morgan fingerprint density at radius 2 is 1.85 bits per heavy atom. The Morgan fingerprint density at radius 3 is 2.56 bits per heavy atom. The van der Waals surface area contributed by atoms with Gasteiger partial charge in [-0.25, -0.2) is 8.42 Å². The van der Waals surface area contributed by atoms with E-state index in [0.29, 0.717) is 11.3 Å². The summed E-state index contributed by atoms with van der Waals surface area (Å²) in [5, 5.41) is 0. The molecule has 4 rings (SSSR count). The third kappa shape index (κ3) is 4.84. The number of nitrogens with zero attached hydrogens (tertiary/aromatic N) is 3. The predicted molar refractivity (Wildman–Crippen MR) is 130 cm³/mol. The zero-order chi connectivity index (χ0) is 24.3. The lowest BCUT2D eigenvalue weighted by Gasteiger charge is -2.34. The van der Waals surface area contributed by atoms with E-state index in [4.69, 9.17) is 4.74 Å². The van der Waals surface area contributed by atoms with E-state index in [2.05, 4.69) is 4.99 Å². The average Bonchev–Trinajstić information content (AvgIpc) is 3.20. The van der Waals surface area contributed by atoms with E-state index in [0.717, 1.165) is 35.9 Å². The van der Waals surface area contributed by atoms with E-state index in [1.165, 1.54) is 42.7 Å². The molecule has 1 amide bonds. The molecular formula is C24H27N3O5S2. The van der Waals surface area contributed by atoms with Crippen molar-refractivity contribution in [1.82, 2.24) is 8.87 Å². The highest BCUT2D eigenvalue weighted by Crippen LogP contribution is 2.27. The Bertz CT molecular complexity index is 1370. The first kappa shape index (κ1) is 24.3. The summed E-state index contributed by atoms with van der Waals surface area (Å²) in [6, 6.07) is 13.4. The normalized spacial score (nSPS) is 17.7. The molecule has 1 unspecified atom stereocenters. The summed E-state index contributed by atoms with van der Waals surface area (Å²) in [4.78, 5) is 29.6. The lowest BCUT2D eigenvalue weighted by Crippen LogP contribution is -2.43.